The van der Waals surface area contributed by atoms with Crippen LogP contribution in [0.25, 0.3) is 10.9 Å². The van der Waals surface area contributed by atoms with E-state index in [1.807, 2.05) is 24.3 Å². The number of halogens is 1. The molecule has 5 aromatic rings. The lowest BCUT2D eigenvalue weighted by Gasteiger charge is -2.23. The third-order valence-corrected chi connectivity index (χ3v) is 7.81. The Bertz CT molecular complexity index is 1800. The number of carboxylic acids is 2. The van der Waals surface area contributed by atoms with Crippen molar-refractivity contribution in [3.63, 3.8) is 0 Å². The molecule has 0 amide bonds. The molecule has 5 rings (SSSR count). The van der Waals surface area contributed by atoms with Gasteiger partial charge in [-0.1, -0.05) is 96.7 Å². The van der Waals surface area contributed by atoms with Crippen molar-refractivity contribution in [3.05, 3.63) is 142 Å². The van der Waals surface area contributed by atoms with Crippen molar-refractivity contribution in [1.82, 2.24) is 4.98 Å². The number of benzene rings is 4. The second-order valence-corrected chi connectivity index (χ2v) is 10.7. The summed E-state index contributed by atoms with van der Waals surface area (Å²) in [6.07, 6.45) is 0. The summed E-state index contributed by atoms with van der Waals surface area (Å²) in [5.41, 5.74) is 2.77. The average Bonchev–Trinajstić information content (AvgIpc) is 3.00. The molecule has 0 aliphatic carbocycles. The number of hydrogen-bond donors (Lipinski definition) is 2. The maximum Gasteiger partial charge on any atom is 0.336 e. The van der Waals surface area contributed by atoms with E-state index in [-0.39, 0.29) is 27.5 Å². The first-order chi connectivity index (χ1) is 20.2. The number of thiocarbonyl (C=S) groups is 2. The molecule has 0 fully saturated rings. The average molecular weight is 612 g/mol. The molecule has 0 unspecified atom stereocenters. The predicted octanol–water partition coefficient (Wildman–Crippen LogP) is 7.78. The number of fused-ring (bicyclic) bond motifs is 1. The number of hydrogen-bond acceptors (Lipinski definition) is 6. The van der Waals surface area contributed by atoms with Crippen molar-refractivity contribution in [1.29, 1.82) is 0 Å². The zero-order chi connectivity index (χ0) is 29.8. The monoisotopic (exact) mass is 611 g/mol. The van der Waals surface area contributed by atoms with Gasteiger partial charge in [-0.15, -0.1) is 0 Å². The van der Waals surface area contributed by atoms with Crippen molar-refractivity contribution in [3.8, 4) is 5.75 Å². The first-order valence-electron chi connectivity index (χ1n) is 12.7. The number of aromatic carboxylic acids is 2. The van der Waals surface area contributed by atoms with Crippen LogP contribution in [-0.4, -0.2) is 36.9 Å². The van der Waals surface area contributed by atoms with Crippen LogP contribution in [0.3, 0.4) is 0 Å². The quantitative estimate of drug-likeness (QED) is 0.122. The SMILES string of the molecule is O=C(O)c1ccccc1C(=S)C(C(=S)c1ccccc1C(=O)O)c1cccc(OCc2ccc3ccc(Cl)cc3n2)c1. The minimum absolute atomic E-state index is 0.0247. The van der Waals surface area contributed by atoms with Crippen LogP contribution in [0.5, 0.6) is 5.75 Å². The number of ether oxygens (including phenoxy) is 1. The van der Waals surface area contributed by atoms with Gasteiger partial charge in [0.1, 0.15) is 12.4 Å². The Hall–Kier alpha value is -4.50. The summed E-state index contributed by atoms with van der Waals surface area (Å²) in [7, 11) is 0. The fourth-order valence-corrected chi connectivity index (χ4v) is 5.76. The Kier molecular flexibility index (Phi) is 8.68. The number of nitrogens with zero attached hydrogens (tertiary/aromatic N) is 1. The molecule has 1 heterocycles. The lowest BCUT2D eigenvalue weighted by atomic mass is 9.83. The highest BCUT2D eigenvalue weighted by atomic mass is 35.5. The van der Waals surface area contributed by atoms with Gasteiger partial charge in [0, 0.05) is 31.3 Å². The Labute approximate surface area is 257 Å². The predicted molar refractivity (Wildman–Crippen MR) is 170 cm³/mol. The molecule has 9 heteroatoms. The van der Waals surface area contributed by atoms with Crippen LogP contribution in [0.1, 0.15) is 49.0 Å². The fraction of sp³-hybridized carbons (Fsp3) is 0.0606. The zero-order valence-electron chi connectivity index (χ0n) is 21.9. The first-order valence-corrected chi connectivity index (χ1v) is 13.9. The van der Waals surface area contributed by atoms with E-state index in [1.54, 1.807) is 66.7 Å². The number of pyridine rings is 1. The molecule has 6 nitrogen and oxygen atoms in total. The normalized spacial score (nSPS) is 10.9. The van der Waals surface area contributed by atoms with Gasteiger partial charge in [-0.3, -0.25) is 0 Å². The van der Waals surface area contributed by atoms with E-state index in [0.29, 0.717) is 33.2 Å². The van der Waals surface area contributed by atoms with E-state index in [0.717, 1.165) is 10.9 Å². The lowest BCUT2D eigenvalue weighted by molar-refractivity contribution is 0.0686. The maximum absolute atomic E-state index is 12.0. The lowest BCUT2D eigenvalue weighted by Crippen LogP contribution is -2.24. The van der Waals surface area contributed by atoms with Crippen LogP contribution in [-0.2, 0) is 6.61 Å². The summed E-state index contributed by atoms with van der Waals surface area (Å²) < 4.78 is 6.09. The molecule has 42 heavy (non-hydrogen) atoms. The summed E-state index contributed by atoms with van der Waals surface area (Å²) in [5, 5.41) is 21.2. The largest absolute Gasteiger partial charge is 0.487 e. The fourth-order valence-electron chi connectivity index (χ4n) is 4.66. The first kappa shape index (κ1) is 29.0. The third kappa shape index (κ3) is 6.21. The highest BCUT2D eigenvalue weighted by molar-refractivity contribution is 7.82. The van der Waals surface area contributed by atoms with Gasteiger partial charge in [-0.2, -0.15) is 0 Å². The number of carbonyl (C=O) groups is 2. The summed E-state index contributed by atoms with van der Waals surface area (Å²) in [6, 6.07) is 29.3. The molecule has 0 radical (unpaired) electrons. The van der Waals surface area contributed by atoms with Gasteiger partial charge in [-0.25, -0.2) is 14.6 Å². The van der Waals surface area contributed by atoms with Gasteiger partial charge >= 0.3 is 11.9 Å². The Balaban J connectivity index is 1.53. The van der Waals surface area contributed by atoms with Crippen LogP contribution in [0.4, 0.5) is 0 Å². The zero-order valence-corrected chi connectivity index (χ0v) is 24.2. The van der Waals surface area contributed by atoms with E-state index in [4.69, 9.17) is 40.8 Å². The molecule has 1 aromatic heterocycles. The molecular formula is C33H22ClNO5S2. The van der Waals surface area contributed by atoms with E-state index < -0.39 is 17.9 Å². The van der Waals surface area contributed by atoms with Gasteiger partial charge in [-0.05, 0) is 48.0 Å². The molecule has 0 atom stereocenters. The Morgan fingerprint density at radius 3 is 1.90 bits per heavy atom. The van der Waals surface area contributed by atoms with E-state index in [2.05, 4.69) is 4.98 Å². The Morgan fingerprint density at radius 2 is 1.31 bits per heavy atom. The molecule has 0 saturated carbocycles. The van der Waals surface area contributed by atoms with Gasteiger partial charge in [0.15, 0.2) is 0 Å². The van der Waals surface area contributed by atoms with E-state index in [9.17, 15) is 19.8 Å². The second-order valence-electron chi connectivity index (χ2n) is 9.36. The summed E-state index contributed by atoms with van der Waals surface area (Å²) in [4.78, 5) is 29.2. The van der Waals surface area contributed by atoms with Crippen molar-refractivity contribution in [2.45, 2.75) is 12.5 Å². The summed E-state index contributed by atoms with van der Waals surface area (Å²) in [6.45, 7) is 0.176. The van der Waals surface area contributed by atoms with Crippen molar-refractivity contribution < 1.29 is 24.5 Å². The van der Waals surface area contributed by atoms with E-state index >= 15 is 0 Å². The number of aromatic nitrogens is 1. The van der Waals surface area contributed by atoms with Gasteiger partial charge in [0.2, 0.25) is 0 Å². The number of carboxylic acid groups (broad SMARTS) is 2. The molecule has 0 saturated heterocycles. The van der Waals surface area contributed by atoms with Gasteiger partial charge in [0.05, 0.1) is 28.3 Å². The highest BCUT2D eigenvalue weighted by Crippen LogP contribution is 2.32. The summed E-state index contributed by atoms with van der Waals surface area (Å²) >= 11 is 17.9. The molecule has 0 bridgehead atoms. The molecule has 0 spiro atoms. The number of rotatable bonds is 10. The molecular weight excluding hydrogens is 590 g/mol. The standard InChI is InChI=1S/C33H22ClNO5S2/c34-21-14-12-19-13-15-22(35-28(19)17-21)18-40-23-7-5-6-20(16-23)29(30(41)24-8-1-3-10-26(24)32(36)37)31(42)25-9-2-4-11-27(25)33(38)39/h1-17,29H,18H2,(H,36,37)(H,38,39). The smallest absolute Gasteiger partial charge is 0.336 e. The van der Waals surface area contributed by atoms with Crippen LogP contribution >= 0.6 is 36.0 Å². The third-order valence-electron chi connectivity index (χ3n) is 6.66. The van der Waals surface area contributed by atoms with Crippen LogP contribution in [0, 0.1) is 0 Å². The minimum atomic E-state index is -1.13. The van der Waals surface area contributed by atoms with Crippen molar-refractivity contribution in [2.24, 2.45) is 0 Å². The summed E-state index contributed by atoms with van der Waals surface area (Å²) in [5.74, 6) is -2.57. The Morgan fingerprint density at radius 1 is 0.738 bits per heavy atom. The molecule has 208 valence electrons. The molecule has 2 N–H and O–H groups in total. The highest BCUT2D eigenvalue weighted by Gasteiger charge is 2.29. The molecule has 0 aliphatic rings. The van der Waals surface area contributed by atoms with Crippen LogP contribution in [0.15, 0.2) is 103 Å². The van der Waals surface area contributed by atoms with Crippen molar-refractivity contribution in [2.75, 3.05) is 0 Å². The van der Waals surface area contributed by atoms with E-state index in [1.165, 1.54) is 12.1 Å². The molecule has 4 aromatic carbocycles. The molecule has 0 aliphatic heterocycles. The maximum atomic E-state index is 12.0. The van der Waals surface area contributed by atoms with Crippen molar-refractivity contribution >= 4 is 68.6 Å². The van der Waals surface area contributed by atoms with Gasteiger partial charge in [0.25, 0.3) is 0 Å². The van der Waals surface area contributed by atoms with Crippen LogP contribution in [0.2, 0.25) is 5.02 Å². The van der Waals surface area contributed by atoms with Crippen LogP contribution < -0.4 is 4.74 Å². The van der Waals surface area contributed by atoms with Gasteiger partial charge < -0.3 is 14.9 Å². The minimum Gasteiger partial charge on any atom is -0.487 e. The second kappa shape index (κ2) is 12.6. The topological polar surface area (TPSA) is 96.7 Å².